The summed E-state index contributed by atoms with van der Waals surface area (Å²) in [7, 11) is 0. The van der Waals surface area contributed by atoms with Gasteiger partial charge < -0.3 is 43.4 Å². The molecule has 184 valence electrons. The van der Waals surface area contributed by atoms with E-state index >= 15 is 0 Å². The Morgan fingerprint density at radius 1 is 0.879 bits per heavy atom. The maximum atomic E-state index is 13.0. The van der Waals surface area contributed by atoms with Crippen molar-refractivity contribution in [3.8, 4) is 0 Å². The van der Waals surface area contributed by atoms with Crippen LogP contribution >= 0.6 is 0 Å². The molecule has 0 fully saturated rings. The maximum absolute atomic E-state index is 13.0. The van der Waals surface area contributed by atoms with E-state index in [0.717, 1.165) is 5.56 Å². The largest absolute Gasteiger partial charge is 0.480 e. The van der Waals surface area contributed by atoms with Crippen molar-refractivity contribution in [1.29, 1.82) is 0 Å². The fourth-order valence-corrected chi connectivity index (χ4v) is 2.99. The van der Waals surface area contributed by atoms with Crippen molar-refractivity contribution in [2.45, 2.75) is 56.5 Å². The lowest BCUT2D eigenvalue weighted by molar-refractivity contribution is -0.143. The van der Waals surface area contributed by atoms with Gasteiger partial charge in [0.15, 0.2) is 0 Å². The van der Waals surface area contributed by atoms with Gasteiger partial charge in [-0.25, -0.2) is 4.79 Å². The molecule has 0 aromatic heterocycles. The number of aliphatic carboxylic acids is 1. The lowest BCUT2D eigenvalue weighted by Crippen LogP contribution is -2.60. The SMILES string of the molecule is C[C@@H](O)[C@H](NC(=O)[C@@H](Cc1ccccc1)NC(=O)[C@@H](N)CCN)C(=O)N[C@@H](CCN)C(=O)O. The van der Waals surface area contributed by atoms with E-state index in [1.807, 2.05) is 0 Å². The lowest BCUT2D eigenvalue weighted by atomic mass is 10.0. The van der Waals surface area contributed by atoms with E-state index in [-0.39, 0.29) is 32.4 Å². The van der Waals surface area contributed by atoms with Crippen LogP contribution in [-0.2, 0) is 25.6 Å². The standard InChI is InChI=1S/C21H34N6O6/c1-12(28)17(20(31)25-15(8-10-23)21(32)33)27-19(30)16(11-13-5-3-2-4-6-13)26-18(29)14(24)7-9-22/h2-6,12,14-17,28H,7-11,22-24H2,1H3,(H,25,31)(H,26,29)(H,27,30)(H,32,33)/t12-,14+,15+,16-,17+/m1/s1. The molecule has 0 heterocycles. The Kier molecular flexibility index (Phi) is 12.0. The summed E-state index contributed by atoms with van der Waals surface area (Å²) >= 11 is 0. The molecule has 0 aliphatic rings. The zero-order valence-corrected chi connectivity index (χ0v) is 18.6. The second-order valence-electron chi connectivity index (χ2n) is 7.64. The molecule has 0 radical (unpaired) electrons. The van der Waals surface area contributed by atoms with Gasteiger partial charge in [-0.1, -0.05) is 30.3 Å². The van der Waals surface area contributed by atoms with Gasteiger partial charge in [0.05, 0.1) is 12.1 Å². The van der Waals surface area contributed by atoms with Gasteiger partial charge in [-0.2, -0.15) is 0 Å². The van der Waals surface area contributed by atoms with Crippen LogP contribution in [0, 0.1) is 0 Å². The van der Waals surface area contributed by atoms with E-state index in [9.17, 15) is 29.4 Å². The summed E-state index contributed by atoms with van der Waals surface area (Å²) in [5, 5.41) is 26.5. The van der Waals surface area contributed by atoms with E-state index in [4.69, 9.17) is 17.2 Å². The molecular formula is C21H34N6O6. The van der Waals surface area contributed by atoms with Crippen LogP contribution in [0.2, 0.25) is 0 Å². The first-order valence-electron chi connectivity index (χ1n) is 10.6. The van der Waals surface area contributed by atoms with E-state index in [2.05, 4.69) is 16.0 Å². The summed E-state index contributed by atoms with van der Waals surface area (Å²) in [6.07, 6.45) is -1.09. The van der Waals surface area contributed by atoms with Crippen molar-refractivity contribution in [2.75, 3.05) is 13.1 Å². The van der Waals surface area contributed by atoms with E-state index < -0.39 is 54.0 Å². The van der Waals surface area contributed by atoms with Crippen LogP contribution in [0.15, 0.2) is 30.3 Å². The highest BCUT2D eigenvalue weighted by Crippen LogP contribution is 2.06. The molecule has 3 amide bonds. The Labute approximate surface area is 192 Å². The summed E-state index contributed by atoms with van der Waals surface area (Å²) in [5.74, 6) is -3.54. The average molecular weight is 467 g/mol. The van der Waals surface area contributed by atoms with Crippen molar-refractivity contribution < 1.29 is 29.4 Å². The number of rotatable bonds is 14. The monoisotopic (exact) mass is 466 g/mol. The number of benzene rings is 1. The van der Waals surface area contributed by atoms with Crippen molar-refractivity contribution in [1.82, 2.24) is 16.0 Å². The zero-order chi connectivity index (χ0) is 25.0. The quantitative estimate of drug-likeness (QED) is 0.141. The van der Waals surface area contributed by atoms with Crippen molar-refractivity contribution in [3.05, 3.63) is 35.9 Å². The predicted molar refractivity (Wildman–Crippen MR) is 121 cm³/mol. The van der Waals surface area contributed by atoms with Crippen LogP contribution in [0.25, 0.3) is 0 Å². The Balaban J connectivity index is 3.03. The summed E-state index contributed by atoms with van der Waals surface area (Å²) in [6.45, 7) is 1.46. The van der Waals surface area contributed by atoms with Crippen LogP contribution in [0.3, 0.4) is 0 Å². The number of carboxylic acids is 1. The molecule has 1 aromatic carbocycles. The molecule has 11 N–H and O–H groups in total. The van der Waals surface area contributed by atoms with Gasteiger partial charge in [0.25, 0.3) is 0 Å². The minimum atomic E-state index is -1.47. The lowest BCUT2D eigenvalue weighted by Gasteiger charge is -2.26. The Morgan fingerprint density at radius 2 is 1.45 bits per heavy atom. The third-order valence-electron chi connectivity index (χ3n) is 4.86. The third-order valence-corrected chi connectivity index (χ3v) is 4.86. The molecule has 12 nitrogen and oxygen atoms in total. The smallest absolute Gasteiger partial charge is 0.326 e. The summed E-state index contributed by atoms with van der Waals surface area (Å²) < 4.78 is 0. The molecular weight excluding hydrogens is 432 g/mol. The Morgan fingerprint density at radius 3 is 1.97 bits per heavy atom. The second kappa shape index (κ2) is 14.2. The van der Waals surface area contributed by atoms with Gasteiger partial charge in [-0.3, -0.25) is 14.4 Å². The second-order valence-corrected chi connectivity index (χ2v) is 7.64. The van der Waals surface area contributed by atoms with E-state index in [1.54, 1.807) is 30.3 Å². The molecule has 12 heteroatoms. The van der Waals surface area contributed by atoms with Gasteiger partial charge in [0.2, 0.25) is 17.7 Å². The minimum absolute atomic E-state index is 0.0111. The molecule has 0 aliphatic carbocycles. The topological polar surface area (TPSA) is 223 Å². The Bertz CT molecular complexity index is 791. The molecule has 0 saturated carbocycles. The number of hydrogen-bond acceptors (Lipinski definition) is 8. The molecule has 0 saturated heterocycles. The number of carboxylic acid groups (broad SMARTS) is 1. The molecule has 1 aromatic rings. The first kappa shape index (κ1) is 28.0. The van der Waals surface area contributed by atoms with Gasteiger partial charge in [-0.15, -0.1) is 0 Å². The highest BCUT2D eigenvalue weighted by atomic mass is 16.4. The van der Waals surface area contributed by atoms with Crippen LogP contribution in [0.4, 0.5) is 0 Å². The van der Waals surface area contributed by atoms with Gasteiger partial charge in [0, 0.05) is 6.42 Å². The van der Waals surface area contributed by atoms with Gasteiger partial charge in [0.1, 0.15) is 18.1 Å². The number of amides is 3. The van der Waals surface area contributed by atoms with Crippen LogP contribution in [-0.4, -0.2) is 77.3 Å². The van der Waals surface area contributed by atoms with Gasteiger partial charge >= 0.3 is 5.97 Å². The van der Waals surface area contributed by atoms with Gasteiger partial charge in [-0.05, 0) is 38.4 Å². The molecule has 0 bridgehead atoms. The van der Waals surface area contributed by atoms with Crippen molar-refractivity contribution >= 4 is 23.7 Å². The Hall–Kier alpha value is -3.06. The molecule has 5 atom stereocenters. The first-order chi connectivity index (χ1) is 15.6. The summed E-state index contributed by atoms with van der Waals surface area (Å²) in [6, 6.07) is 4.05. The third kappa shape index (κ3) is 9.53. The highest BCUT2D eigenvalue weighted by Gasteiger charge is 2.32. The molecule has 0 aliphatic heterocycles. The number of hydrogen-bond donors (Lipinski definition) is 8. The van der Waals surface area contributed by atoms with Crippen LogP contribution < -0.4 is 33.2 Å². The fourth-order valence-electron chi connectivity index (χ4n) is 2.99. The van der Waals surface area contributed by atoms with Crippen LogP contribution in [0.5, 0.6) is 0 Å². The highest BCUT2D eigenvalue weighted by molar-refractivity contribution is 5.94. The summed E-state index contributed by atoms with van der Waals surface area (Å²) in [5.41, 5.74) is 17.3. The minimum Gasteiger partial charge on any atom is -0.480 e. The predicted octanol–water partition coefficient (Wildman–Crippen LogP) is -2.83. The number of carbonyl (C=O) groups excluding carboxylic acids is 3. The number of aliphatic hydroxyl groups is 1. The molecule has 0 unspecified atom stereocenters. The molecule has 33 heavy (non-hydrogen) atoms. The number of carbonyl (C=O) groups is 4. The number of nitrogens with one attached hydrogen (secondary N) is 3. The normalized spacial score (nSPS) is 15.4. The summed E-state index contributed by atoms with van der Waals surface area (Å²) in [4.78, 5) is 49.3. The first-order valence-corrected chi connectivity index (χ1v) is 10.6. The fraction of sp³-hybridized carbons (Fsp3) is 0.524. The van der Waals surface area contributed by atoms with E-state index in [0.29, 0.717) is 0 Å². The van der Waals surface area contributed by atoms with E-state index in [1.165, 1.54) is 6.92 Å². The molecule has 0 spiro atoms. The van der Waals surface area contributed by atoms with Crippen molar-refractivity contribution in [2.24, 2.45) is 17.2 Å². The van der Waals surface area contributed by atoms with Crippen molar-refractivity contribution in [3.63, 3.8) is 0 Å². The number of nitrogens with two attached hydrogens (primary N) is 3. The van der Waals surface area contributed by atoms with Crippen LogP contribution in [0.1, 0.15) is 25.3 Å². The molecule has 1 rings (SSSR count). The number of aliphatic hydroxyl groups excluding tert-OH is 1. The zero-order valence-electron chi connectivity index (χ0n) is 18.6. The maximum Gasteiger partial charge on any atom is 0.326 e. The average Bonchev–Trinajstić information content (AvgIpc) is 2.76.